The van der Waals surface area contributed by atoms with Gasteiger partial charge in [0.05, 0.1) is 5.60 Å². The Morgan fingerprint density at radius 2 is 1.79 bits per heavy atom. The summed E-state index contributed by atoms with van der Waals surface area (Å²) in [4.78, 5) is 2.66. The van der Waals surface area contributed by atoms with Gasteiger partial charge < -0.3 is 10.0 Å². The summed E-state index contributed by atoms with van der Waals surface area (Å²) in [5, 5.41) is 11.9. The second-order valence-corrected chi connectivity index (χ2v) is 7.93. The summed E-state index contributed by atoms with van der Waals surface area (Å²) in [7, 11) is 0. The van der Waals surface area contributed by atoms with E-state index >= 15 is 0 Å². The lowest BCUT2D eigenvalue weighted by Gasteiger charge is -2.49. The first-order valence-corrected chi connectivity index (χ1v) is 9.29. The maximum absolute atomic E-state index is 10.8. The smallest absolute Gasteiger partial charge is 0.0700 e. The van der Waals surface area contributed by atoms with Crippen LogP contribution in [0.3, 0.4) is 0 Å². The van der Waals surface area contributed by atoms with Crippen molar-refractivity contribution < 1.29 is 5.11 Å². The van der Waals surface area contributed by atoms with Gasteiger partial charge >= 0.3 is 0 Å². The largest absolute Gasteiger partial charge is 0.390 e. The normalized spacial score (nSPS) is 39.2. The number of alkyl halides is 1. The first-order valence-electron chi connectivity index (χ1n) is 8.17. The van der Waals surface area contributed by atoms with E-state index in [1.54, 1.807) is 0 Å². The van der Waals surface area contributed by atoms with Crippen molar-refractivity contribution >= 4 is 15.9 Å². The standard InChI is InChI=1S/C16H28BrNO/c17-12-15(6-3-4-7-15)13-18-10-9-16(19)8-2-1-5-14(16)11-18/h14,19H,1-13H2. The Hall–Kier alpha value is 0.400. The maximum atomic E-state index is 10.8. The molecular formula is C16H28BrNO. The Morgan fingerprint density at radius 1 is 1.05 bits per heavy atom. The zero-order valence-corrected chi connectivity index (χ0v) is 13.6. The molecule has 1 saturated heterocycles. The van der Waals surface area contributed by atoms with Gasteiger partial charge in [0.1, 0.15) is 0 Å². The van der Waals surface area contributed by atoms with Gasteiger partial charge in [0.25, 0.3) is 0 Å². The first kappa shape index (κ1) is 14.3. The van der Waals surface area contributed by atoms with E-state index in [4.69, 9.17) is 0 Å². The van der Waals surface area contributed by atoms with Gasteiger partial charge in [-0.25, -0.2) is 0 Å². The van der Waals surface area contributed by atoms with Crippen molar-refractivity contribution in [1.29, 1.82) is 0 Å². The van der Waals surface area contributed by atoms with Crippen molar-refractivity contribution in [3.05, 3.63) is 0 Å². The van der Waals surface area contributed by atoms with Crippen molar-refractivity contribution in [2.45, 2.75) is 63.4 Å². The Morgan fingerprint density at radius 3 is 2.53 bits per heavy atom. The van der Waals surface area contributed by atoms with Gasteiger partial charge in [-0.1, -0.05) is 41.6 Å². The Labute approximate surface area is 126 Å². The highest BCUT2D eigenvalue weighted by Gasteiger charge is 2.44. The summed E-state index contributed by atoms with van der Waals surface area (Å²) < 4.78 is 0. The third kappa shape index (κ3) is 2.89. The summed E-state index contributed by atoms with van der Waals surface area (Å²) in [6.45, 7) is 3.51. The minimum absolute atomic E-state index is 0.314. The predicted octanol–water partition coefficient (Wildman–Crippen LogP) is 3.57. The van der Waals surface area contributed by atoms with E-state index in [1.807, 2.05) is 0 Å². The van der Waals surface area contributed by atoms with Gasteiger partial charge in [0.2, 0.25) is 0 Å². The SMILES string of the molecule is OC12CCCCC1CN(CC1(CBr)CCCC1)CC2. The molecule has 2 atom stereocenters. The Balaban J connectivity index is 1.61. The molecule has 3 aliphatic rings. The number of hydrogen-bond donors (Lipinski definition) is 1. The highest BCUT2D eigenvalue weighted by atomic mass is 79.9. The lowest BCUT2D eigenvalue weighted by molar-refractivity contribution is -0.0997. The van der Waals surface area contributed by atoms with Crippen LogP contribution in [0.2, 0.25) is 0 Å². The zero-order valence-electron chi connectivity index (χ0n) is 12.0. The second kappa shape index (κ2) is 5.65. The molecule has 110 valence electrons. The van der Waals surface area contributed by atoms with E-state index in [0.29, 0.717) is 11.3 Å². The van der Waals surface area contributed by atoms with Crippen LogP contribution in [-0.2, 0) is 0 Å². The molecule has 3 heteroatoms. The van der Waals surface area contributed by atoms with E-state index < -0.39 is 0 Å². The van der Waals surface area contributed by atoms with Crippen LogP contribution in [0, 0.1) is 11.3 Å². The first-order chi connectivity index (χ1) is 9.16. The van der Waals surface area contributed by atoms with Crippen molar-refractivity contribution in [2.24, 2.45) is 11.3 Å². The second-order valence-electron chi connectivity index (χ2n) is 7.37. The predicted molar refractivity (Wildman–Crippen MR) is 82.7 cm³/mol. The van der Waals surface area contributed by atoms with Crippen LogP contribution in [0.25, 0.3) is 0 Å². The van der Waals surface area contributed by atoms with Crippen LogP contribution in [0.15, 0.2) is 0 Å². The number of fused-ring (bicyclic) bond motifs is 1. The summed E-state index contributed by atoms with van der Waals surface area (Å²) in [6, 6.07) is 0. The molecule has 0 amide bonds. The van der Waals surface area contributed by atoms with Crippen LogP contribution >= 0.6 is 15.9 Å². The van der Waals surface area contributed by atoms with Gasteiger partial charge in [-0.3, -0.25) is 0 Å². The van der Waals surface area contributed by atoms with Crippen LogP contribution in [0.4, 0.5) is 0 Å². The summed E-state index contributed by atoms with van der Waals surface area (Å²) in [5.74, 6) is 0.545. The molecule has 2 aliphatic carbocycles. The minimum atomic E-state index is -0.314. The molecule has 1 aliphatic heterocycles. The number of hydrogen-bond acceptors (Lipinski definition) is 2. The average Bonchev–Trinajstić information content (AvgIpc) is 2.88. The van der Waals surface area contributed by atoms with E-state index in [0.717, 1.165) is 31.3 Å². The van der Waals surface area contributed by atoms with Crippen molar-refractivity contribution in [3.8, 4) is 0 Å². The van der Waals surface area contributed by atoms with Gasteiger partial charge in [-0.05, 0) is 37.5 Å². The lowest BCUT2D eigenvalue weighted by Crippen LogP contribution is -2.55. The highest BCUT2D eigenvalue weighted by molar-refractivity contribution is 9.09. The number of nitrogens with zero attached hydrogens (tertiary/aromatic N) is 1. The lowest BCUT2D eigenvalue weighted by atomic mass is 9.71. The summed E-state index contributed by atoms with van der Waals surface area (Å²) in [6.07, 6.45) is 11.5. The average molecular weight is 330 g/mol. The van der Waals surface area contributed by atoms with E-state index in [9.17, 15) is 5.11 Å². The quantitative estimate of drug-likeness (QED) is 0.800. The minimum Gasteiger partial charge on any atom is -0.390 e. The molecule has 1 N–H and O–H groups in total. The molecule has 3 rings (SSSR count). The molecule has 2 saturated carbocycles. The molecular weight excluding hydrogens is 302 g/mol. The third-order valence-corrected chi connectivity index (χ3v) is 7.21. The van der Waals surface area contributed by atoms with E-state index in [1.165, 1.54) is 51.5 Å². The zero-order chi connectivity index (χ0) is 13.3. The van der Waals surface area contributed by atoms with Crippen molar-refractivity contribution in [3.63, 3.8) is 0 Å². The number of likely N-dealkylation sites (tertiary alicyclic amines) is 1. The molecule has 3 fully saturated rings. The van der Waals surface area contributed by atoms with Crippen LogP contribution in [-0.4, -0.2) is 40.6 Å². The van der Waals surface area contributed by atoms with Crippen LogP contribution in [0.1, 0.15) is 57.8 Å². The number of rotatable bonds is 3. The molecule has 0 aromatic heterocycles. The maximum Gasteiger partial charge on any atom is 0.0700 e. The van der Waals surface area contributed by atoms with Crippen LogP contribution < -0.4 is 0 Å². The topological polar surface area (TPSA) is 23.5 Å². The van der Waals surface area contributed by atoms with E-state index in [-0.39, 0.29) is 5.60 Å². The third-order valence-electron chi connectivity index (χ3n) is 6.02. The summed E-state index contributed by atoms with van der Waals surface area (Å²) in [5.41, 5.74) is 0.218. The van der Waals surface area contributed by atoms with Gasteiger partial charge in [-0.15, -0.1) is 0 Å². The van der Waals surface area contributed by atoms with Gasteiger partial charge in [-0.2, -0.15) is 0 Å². The summed E-state index contributed by atoms with van der Waals surface area (Å²) >= 11 is 3.76. The number of halogens is 1. The van der Waals surface area contributed by atoms with Crippen molar-refractivity contribution in [1.82, 2.24) is 4.90 Å². The molecule has 2 nitrogen and oxygen atoms in total. The molecule has 0 spiro atoms. The van der Waals surface area contributed by atoms with Gasteiger partial charge in [0.15, 0.2) is 0 Å². The molecule has 0 radical (unpaired) electrons. The Kier molecular flexibility index (Phi) is 4.26. The Bertz CT molecular complexity index is 316. The molecule has 0 aromatic carbocycles. The molecule has 0 bridgehead atoms. The fourth-order valence-electron chi connectivity index (χ4n) is 4.72. The van der Waals surface area contributed by atoms with Gasteiger partial charge in [0, 0.05) is 30.9 Å². The number of aliphatic hydroxyl groups is 1. The van der Waals surface area contributed by atoms with Crippen molar-refractivity contribution in [2.75, 3.05) is 25.0 Å². The molecule has 2 unspecified atom stereocenters. The number of piperidine rings is 1. The molecule has 19 heavy (non-hydrogen) atoms. The fraction of sp³-hybridized carbons (Fsp3) is 1.00. The molecule has 1 heterocycles. The monoisotopic (exact) mass is 329 g/mol. The van der Waals surface area contributed by atoms with E-state index in [2.05, 4.69) is 20.8 Å². The fourth-order valence-corrected chi connectivity index (χ4v) is 5.45. The molecule has 0 aromatic rings. The van der Waals surface area contributed by atoms with Crippen LogP contribution in [0.5, 0.6) is 0 Å². The highest BCUT2D eigenvalue weighted by Crippen LogP contribution is 2.44.